The molecule has 36 heavy (non-hydrogen) atoms. The summed E-state index contributed by atoms with van der Waals surface area (Å²) in [6.07, 6.45) is 3.75. The minimum Gasteiger partial charge on any atom is -0.457 e. The lowest BCUT2D eigenvalue weighted by molar-refractivity contribution is -0.144. The lowest BCUT2D eigenvalue weighted by Crippen LogP contribution is -2.78. The van der Waals surface area contributed by atoms with Gasteiger partial charge in [0.1, 0.15) is 35.0 Å². The first kappa shape index (κ1) is 22.0. The van der Waals surface area contributed by atoms with Gasteiger partial charge in [-0.15, -0.1) is 0 Å². The van der Waals surface area contributed by atoms with Gasteiger partial charge >= 0.3 is 0 Å². The highest BCUT2D eigenvalue weighted by Gasteiger charge is 2.55. The number of benzene rings is 2. The van der Waals surface area contributed by atoms with Crippen molar-refractivity contribution in [3.05, 3.63) is 85.5 Å². The van der Waals surface area contributed by atoms with Gasteiger partial charge in [0.25, 0.3) is 0 Å². The van der Waals surface area contributed by atoms with E-state index in [4.69, 9.17) is 9.72 Å². The Bertz CT molecular complexity index is 1470. The van der Waals surface area contributed by atoms with Gasteiger partial charge in [-0.3, -0.25) is 4.79 Å². The zero-order valence-corrected chi connectivity index (χ0v) is 19.4. The molecule has 1 N–H and O–H groups in total. The number of amides is 1. The lowest BCUT2D eigenvalue weighted by Gasteiger charge is -2.62. The van der Waals surface area contributed by atoms with Crippen molar-refractivity contribution in [1.82, 2.24) is 19.9 Å². The smallest absolute Gasteiger partial charge is 0.246 e. The molecule has 2 aliphatic rings. The van der Waals surface area contributed by atoms with Crippen molar-refractivity contribution in [3.63, 3.8) is 0 Å². The van der Waals surface area contributed by atoms with Gasteiger partial charge in [-0.25, -0.2) is 19.3 Å². The van der Waals surface area contributed by atoms with Crippen LogP contribution in [0.1, 0.15) is 6.42 Å². The molecule has 0 bridgehead atoms. The molecule has 0 aliphatic carbocycles. The predicted octanol–water partition coefficient (Wildman–Crippen LogP) is 4.68. The standard InChI is InChI=1S/C27H23FN6O2/c1-2-24(35)34-13-12-27(34)15-33(16-27)23-11-10-22-25(32-23)26(30-17-29-22)31-21-9-8-19(14-20(21)28)36-18-6-4-3-5-7-18/h2-11,14,17H,1,12-13,15-16H2,(H,29,30,31). The van der Waals surface area contributed by atoms with Gasteiger partial charge in [0.2, 0.25) is 5.91 Å². The number of aromatic nitrogens is 3. The van der Waals surface area contributed by atoms with Gasteiger partial charge in [0, 0.05) is 25.7 Å². The van der Waals surface area contributed by atoms with Crippen LogP contribution in [0.5, 0.6) is 11.5 Å². The van der Waals surface area contributed by atoms with Gasteiger partial charge in [-0.05, 0) is 48.9 Å². The summed E-state index contributed by atoms with van der Waals surface area (Å²) < 4.78 is 20.6. The van der Waals surface area contributed by atoms with E-state index in [0.29, 0.717) is 41.4 Å². The molecular weight excluding hydrogens is 459 g/mol. The highest BCUT2D eigenvalue weighted by atomic mass is 19.1. The van der Waals surface area contributed by atoms with Crippen LogP contribution in [-0.2, 0) is 4.79 Å². The van der Waals surface area contributed by atoms with E-state index in [0.717, 1.165) is 18.8 Å². The second-order valence-corrected chi connectivity index (χ2v) is 8.97. The van der Waals surface area contributed by atoms with Crippen LogP contribution in [0, 0.1) is 5.82 Å². The van der Waals surface area contributed by atoms with Crippen LogP contribution in [0.3, 0.4) is 0 Å². The minimum absolute atomic E-state index is 0.0329. The molecule has 4 aromatic rings. The van der Waals surface area contributed by atoms with Crippen molar-refractivity contribution >= 4 is 34.3 Å². The monoisotopic (exact) mass is 482 g/mol. The number of hydrogen-bond donors (Lipinski definition) is 1. The average molecular weight is 483 g/mol. The second-order valence-electron chi connectivity index (χ2n) is 8.97. The molecule has 9 heteroatoms. The number of halogens is 1. The summed E-state index contributed by atoms with van der Waals surface area (Å²) in [7, 11) is 0. The normalized spacial score (nSPS) is 15.8. The van der Waals surface area contributed by atoms with E-state index in [1.165, 1.54) is 18.5 Å². The van der Waals surface area contributed by atoms with Gasteiger partial charge < -0.3 is 19.9 Å². The molecule has 4 heterocycles. The van der Waals surface area contributed by atoms with Crippen LogP contribution in [0.2, 0.25) is 0 Å². The first-order chi connectivity index (χ1) is 17.5. The molecule has 0 saturated carbocycles. The van der Waals surface area contributed by atoms with Crippen molar-refractivity contribution in [2.24, 2.45) is 0 Å². The average Bonchev–Trinajstić information content (AvgIpc) is 2.85. The minimum atomic E-state index is -0.479. The number of nitrogens with zero attached hydrogens (tertiary/aromatic N) is 5. The maximum atomic E-state index is 14.9. The molecule has 0 radical (unpaired) electrons. The molecule has 1 amide bonds. The number of likely N-dealkylation sites (tertiary alicyclic amines) is 1. The van der Waals surface area contributed by atoms with Crippen molar-refractivity contribution in [2.45, 2.75) is 12.0 Å². The molecule has 0 atom stereocenters. The van der Waals surface area contributed by atoms with E-state index < -0.39 is 5.82 Å². The number of para-hydroxylation sites is 1. The second kappa shape index (κ2) is 8.60. The summed E-state index contributed by atoms with van der Waals surface area (Å²) in [4.78, 5) is 29.5. The van der Waals surface area contributed by atoms with Crippen LogP contribution >= 0.6 is 0 Å². The summed E-state index contributed by atoms with van der Waals surface area (Å²) in [5.74, 6) is 1.67. The third kappa shape index (κ3) is 3.78. The molecule has 2 fully saturated rings. The van der Waals surface area contributed by atoms with Crippen LogP contribution in [0.25, 0.3) is 11.0 Å². The zero-order chi connectivity index (χ0) is 24.7. The lowest BCUT2D eigenvalue weighted by atomic mass is 9.77. The number of anilines is 3. The molecule has 8 nitrogen and oxygen atoms in total. The topological polar surface area (TPSA) is 83.5 Å². The number of rotatable bonds is 6. The number of carbonyl (C=O) groups excluding carboxylic acids is 1. The number of carbonyl (C=O) groups is 1. The number of pyridine rings is 1. The fourth-order valence-electron chi connectivity index (χ4n) is 4.76. The van der Waals surface area contributed by atoms with Crippen molar-refractivity contribution in [3.8, 4) is 11.5 Å². The molecule has 180 valence electrons. The van der Waals surface area contributed by atoms with E-state index >= 15 is 0 Å². The molecule has 2 saturated heterocycles. The SMILES string of the molecule is C=CC(=O)N1CCC12CN(c1ccc3ncnc(Nc4ccc(Oc5ccccc5)cc4F)c3n1)C2. The summed E-state index contributed by atoms with van der Waals surface area (Å²) >= 11 is 0. The van der Waals surface area contributed by atoms with E-state index in [1.807, 2.05) is 35.2 Å². The van der Waals surface area contributed by atoms with Crippen molar-refractivity contribution in [1.29, 1.82) is 0 Å². The molecule has 2 aromatic heterocycles. The first-order valence-corrected chi connectivity index (χ1v) is 11.6. The zero-order valence-electron chi connectivity index (χ0n) is 19.4. The van der Waals surface area contributed by atoms with Crippen molar-refractivity contribution in [2.75, 3.05) is 29.9 Å². The molecule has 2 aromatic carbocycles. The fourth-order valence-corrected chi connectivity index (χ4v) is 4.76. The number of nitrogens with one attached hydrogen (secondary N) is 1. The van der Waals surface area contributed by atoms with Gasteiger partial charge in [0.05, 0.1) is 16.7 Å². The number of fused-ring (bicyclic) bond motifs is 1. The molecule has 1 spiro atoms. The van der Waals surface area contributed by atoms with E-state index in [1.54, 1.807) is 24.3 Å². The van der Waals surface area contributed by atoms with E-state index in [-0.39, 0.29) is 17.1 Å². The highest BCUT2D eigenvalue weighted by Crippen LogP contribution is 2.41. The quantitative estimate of drug-likeness (QED) is 0.400. The number of ether oxygens (including phenoxy) is 1. The Kier molecular flexibility index (Phi) is 5.25. The van der Waals surface area contributed by atoms with Gasteiger partial charge in [-0.2, -0.15) is 0 Å². The van der Waals surface area contributed by atoms with Crippen molar-refractivity contribution < 1.29 is 13.9 Å². The number of hydrogen-bond acceptors (Lipinski definition) is 7. The molecular formula is C27H23FN6O2. The summed E-state index contributed by atoms with van der Waals surface area (Å²) in [5, 5.41) is 3.05. The Balaban J connectivity index is 1.22. The fraction of sp³-hybridized carbons (Fsp3) is 0.185. The van der Waals surface area contributed by atoms with Crippen LogP contribution in [0.15, 0.2) is 79.6 Å². The van der Waals surface area contributed by atoms with Crippen LogP contribution in [0.4, 0.5) is 21.7 Å². The largest absolute Gasteiger partial charge is 0.457 e. The summed E-state index contributed by atoms with van der Waals surface area (Å²) in [6.45, 7) is 5.77. The maximum absolute atomic E-state index is 14.9. The Morgan fingerprint density at radius 1 is 1.08 bits per heavy atom. The third-order valence-corrected chi connectivity index (χ3v) is 6.75. The molecule has 2 aliphatic heterocycles. The highest BCUT2D eigenvalue weighted by molar-refractivity contribution is 5.90. The van der Waals surface area contributed by atoms with Gasteiger partial charge in [-0.1, -0.05) is 24.8 Å². The Morgan fingerprint density at radius 3 is 2.64 bits per heavy atom. The molecule has 6 rings (SSSR count). The van der Waals surface area contributed by atoms with E-state index in [2.05, 4.69) is 26.8 Å². The Labute approximate surface area is 207 Å². The predicted molar refractivity (Wildman–Crippen MR) is 135 cm³/mol. The third-order valence-electron chi connectivity index (χ3n) is 6.75. The maximum Gasteiger partial charge on any atom is 0.246 e. The Morgan fingerprint density at radius 2 is 1.92 bits per heavy atom. The summed E-state index contributed by atoms with van der Waals surface area (Å²) in [5.41, 5.74) is 1.29. The Hall–Kier alpha value is -4.53. The first-order valence-electron chi connectivity index (χ1n) is 11.6. The van der Waals surface area contributed by atoms with Gasteiger partial charge in [0.15, 0.2) is 5.82 Å². The summed E-state index contributed by atoms with van der Waals surface area (Å²) in [6, 6.07) is 17.6. The van der Waals surface area contributed by atoms with E-state index in [9.17, 15) is 9.18 Å². The van der Waals surface area contributed by atoms with Crippen LogP contribution < -0.4 is 15.0 Å². The van der Waals surface area contributed by atoms with Crippen LogP contribution in [-0.4, -0.2) is 50.9 Å². The molecule has 0 unspecified atom stereocenters.